The minimum absolute atomic E-state index is 0.0947. The first-order valence-corrected chi connectivity index (χ1v) is 5.20. The molecular weight excluding hydrogens is 176 g/mol. The van der Waals surface area contributed by atoms with Crippen LogP contribution >= 0.6 is 0 Å². The summed E-state index contributed by atoms with van der Waals surface area (Å²) in [5.41, 5.74) is 0. The van der Waals surface area contributed by atoms with Gasteiger partial charge in [0.05, 0.1) is 0 Å². The van der Waals surface area contributed by atoms with Crippen LogP contribution in [0.25, 0.3) is 0 Å². The Morgan fingerprint density at radius 2 is 2.00 bits per heavy atom. The van der Waals surface area contributed by atoms with Crippen molar-refractivity contribution in [2.75, 3.05) is 6.54 Å². The van der Waals surface area contributed by atoms with Crippen molar-refractivity contribution in [1.82, 2.24) is 9.88 Å². The van der Waals surface area contributed by atoms with E-state index < -0.39 is 0 Å². The maximum atomic E-state index is 11.3. The highest BCUT2D eigenvalue weighted by atomic mass is 16.1. The van der Waals surface area contributed by atoms with Gasteiger partial charge in [0.15, 0.2) is 0 Å². The first kappa shape index (κ1) is 10.8. The van der Waals surface area contributed by atoms with E-state index >= 15 is 0 Å². The van der Waals surface area contributed by atoms with Gasteiger partial charge in [0.25, 0.3) is 0 Å². The Kier molecular flexibility index (Phi) is 4.83. The quantitative estimate of drug-likeness (QED) is 0.688. The molecule has 0 bridgehead atoms. The van der Waals surface area contributed by atoms with Crippen LogP contribution in [0.3, 0.4) is 0 Å². The second kappa shape index (κ2) is 6.24. The fraction of sp³-hybridized carbons (Fsp3) is 0.545. The van der Waals surface area contributed by atoms with E-state index in [1.165, 1.54) is 12.8 Å². The number of hydrogen-bond acceptors (Lipinski definition) is 1. The van der Waals surface area contributed by atoms with Gasteiger partial charge in [0.2, 0.25) is 5.91 Å². The average molecular weight is 194 g/mol. The van der Waals surface area contributed by atoms with Crippen molar-refractivity contribution in [1.29, 1.82) is 0 Å². The van der Waals surface area contributed by atoms with Crippen molar-refractivity contribution >= 4 is 5.91 Å². The fourth-order valence-electron chi connectivity index (χ4n) is 1.30. The Balaban J connectivity index is 2.11. The van der Waals surface area contributed by atoms with E-state index in [0.29, 0.717) is 6.54 Å². The van der Waals surface area contributed by atoms with Gasteiger partial charge in [-0.1, -0.05) is 19.8 Å². The van der Waals surface area contributed by atoms with Gasteiger partial charge >= 0.3 is 0 Å². The molecule has 1 aromatic rings. The Hall–Kier alpha value is -1.25. The lowest BCUT2D eigenvalue weighted by molar-refractivity contribution is -0.121. The van der Waals surface area contributed by atoms with Crippen LogP contribution in [0.4, 0.5) is 0 Å². The highest BCUT2D eigenvalue weighted by Crippen LogP contribution is 1.92. The first-order valence-electron chi connectivity index (χ1n) is 5.20. The Morgan fingerprint density at radius 1 is 1.29 bits per heavy atom. The minimum atomic E-state index is 0.0947. The summed E-state index contributed by atoms with van der Waals surface area (Å²) in [6.07, 6.45) is 7.24. The summed E-state index contributed by atoms with van der Waals surface area (Å²) in [6, 6.07) is 3.84. The number of nitrogens with one attached hydrogen (secondary N) is 1. The van der Waals surface area contributed by atoms with Gasteiger partial charge in [-0.25, -0.2) is 0 Å². The zero-order valence-electron chi connectivity index (χ0n) is 8.70. The molecule has 3 heteroatoms. The number of unbranched alkanes of at least 4 members (excludes halogenated alkanes) is 2. The summed E-state index contributed by atoms with van der Waals surface area (Å²) in [5.74, 6) is 0.0947. The summed E-state index contributed by atoms with van der Waals surface area (Å²) in [6.45, 7) is 3.38. The van der Waals surface area contributed by atoms with Crippen molar-refractivity contribution < 1.29 is 4.79 Å². The van der Waals surface area contributed by atoms with Crippen LogP contribution in [-0.2, 0) is 11.3 Å². The number of carbonyl (C=O) groups excluding carboxylic acids is 1. The predicted octanol–water partition coefficient (Wildman–Crippen LogP) is 1.79. The van der Waals surface area contributed by atoms with Crippen LogP contribution < -0.4 is 5.32 Å². The standard InChI is InChI=1S/C11H18N2O/c1-2-3-4-7-12-11(14)10-13-8-5-6-9-13/h5-6,8-9H,2-4,7,10H2,1H3,(H,12,14). The van der Waals surface area contributed by atoms with Crippen LogP contribution in [0.2, 0.25) is 0 Å². The van der Waals surface area contributed by atoms with Crippen molar-refractivity contribution in [3.05, 3.63) is 24.5 Å². The Bertz CT molecular complexity index is 254. The molecule has 0 aromatic carbocycles. The van der Waals surface area contributed by atoms with Crippen LogP contribution in [0.1, 0.15) is 26.2 Å². The molecule has 0 aliphatic rings. The third-order valence-corrected chi connectivity index (χ3v) is 2.09. The minimum Gasteiger partial charge on any atom is -0.355 e. The van der Waals surface area contributed by atoms with Crippen molar-refractivity contribution in [3.8, 4) is 0 Å². The number of nitrogens with zero attached hydrogens (tertiary/aromatic N) is 1. The lowest BCUT2D eigenvalue weighted by atomic mass is 10.2. The van der Waals surface area contributed by atoms with Gasteiger partial charge in [-0.2, -0.15) is 0 Å². The molecule has 1 heterocycles. The average Bonchev–Trinajstić information content (AvgIpc) is 2.65. The van der Waals surface area contributed by atoms with Crippen LogP contribution in [-0.4, -0.2) is 17.0 Å². The summed E-state index contributed by atoms with van der Waals surface area (Å²) in [5, 5.41) is 2.90. The van der Waals surface area contributed by atoms with E-state index in [4.69, 9.17) is 0 Å². The molecule has 0 aliphatic carbocycles. The number of amides is 1. The fourth-order valence-corrected chi connectivity index (χ4v) is 1.30. The monoisotopic (exact) mass is 194 g/mol. The third-order valence-electron chi connectivity index (χ3n) is 2.09. The lowest BCUT2D eigenvalue weighted by Crippen LogP contribution is -2.27. The molecule has 0 atom stereocenters. The number of rotatable bonds is 6. The topological polar surface area (TPSA) is 34.0 Å². The molecule has 0 fully saturated rings. The zero-order valence-corrected chi connectivity index (χ0v) is 8.70. The molecule has 0 saturated carbocycles. The molecule has 14 heavy (non-hydrogen) atoms. The molecule has 0 unspecified atom stereocenters. The second-order valence-electron chi connectivity index (χ2n) is 3.41. The van der Waals surface area contributed by atoms with E-state index in [0.717, 1.165) is 13.0 Å². The molecule has 0 radical (unpaired) electrons. The van der Waals surface area contributed by atoms with Gasteiger partial charge in [-0.15, -0.1) is 0 Å². The lowest BCUT2D eigenvalue weighted by Gasteiger charge is -2.05. The van der Waals surface area contributed by atoms with Crippen molar-refractivity contribution in [3.63, 3.8) is 0 Å². The third kappa shape index (κ3) is 4.12. The van der Waals surface area contributed by atoms with E-state index in [1.807, 2.05) is 29.1 Å². The van der Waals surface area contributed by atoms with Gasteiger partial charge in [-0.3, -0.25) is 4.79 Å². The van der Waals surface area contributed by atoms with E-state index in [2.05, 4.69) is 12.2 Å². The van der Waals surface area contributed by atoms with E-state index in [-0.39, 0.29) is 5.91 Å². The normalized spacial score (nSPS) is 10.1. The summed E-state index contributed by atoms with van der Waals surface area (Å²) < 4.78 is 1.87. The first-order chi connectivity index (χ1) is 6.83. The molecule has 0 aliphatic heterocycles. The molecule has 3 nitrogen and oxygen atoms in total. The van der Waals surface area contributed by atoms with Gasteiger partial charge in [0.1, 0.15) is 6.54 Å². The molecule has 0 spiro atoms. The molecule has 78 valence electrons. The van der Waals surface area contributed by atoms with Crippen molar-refractivity contribution in [2.45, 2.75) is 32.7 Å². The van der Waals surface area contributed by atoms with E-state index in [9.17, 15) is 4.79 Å². The van der Waals surface area contributed by atoms with Crippen LogP contribution in [0, 0.1) is 0 Å². The molecule has 1 amide bonds. The maximum Gasteiger partial charge on any atom is 0.239 e. The van der Waals surface area contributed by atoms with E-state index in [1.54, 1.807) is 0 Å². The SMILES string of the molecule is CCCCCNC(=O)Cn1cccc1. The van der Waals surface area contributed by atoms with Gasteiger partial charge < -0.3 is 9.88 Å². The summed E-state index contributed by atoms with van der Waals surface area (Å²) >= 11 is 0. The Labute approximate surface area is 85.1 Å². The predicted molar refractivity (Wildman–Crippen MR) is 57.0 cm³/mol. The molecule has 0 saturated heterocycles. The Morgan fingerprint density at radius 3 is 2.64 bits per heavy atom. The van der Waals surface area contributed by atoms with Crippen LogP contribution in [0.5, 0.6) is 0 Å². The summed E-state index contributed by atoms with van der Waals surface area (Å²) in [7, 11) is 0. The molecule has 1 N–H and O–H groups in total. The molecule has 1 aromatic heterocycles. The largest absolute Gasteiger partial charge is 0.355 e. The number of aromatic nitrogens is 1. The summed E-state index contributed by atoms with van der Waals surface area (Å²) in [4.78, 5) is 11.3. The zero-order chi connectivity index (χ0) is 10.2. The highest BCUT2D eigenvalue weighted by Gasteiger charge is 1.99. The van der Waals surface area contributed by atoms with Crippen LogP contribution in [0.15, 0.2) is 24.5 Å². The van der Waals surface area contributed by atoms with Gasteiger partial charge in [0, 0.05) is 18.9 Å². The smallest absolute Gasteiger partial charge is 0.239 e. The second-order valence-corrected chi connectivity index (χ2v) is 3.41. The molecular formula is C11H18N2O. The highest BCUT2D eigenvalue weighted by molar-refractivity contribution is 5.75. The van der Waals surface area contributed by atoms with Gasteiger partial charge in [-0.05, 0) is 18.6 Å². The van der Waals surface area contributed by atoms with Crippen molar-refractivity contribution in [2.24, 2.45) is 0 Å². The molecule has 1 rings (SSSR count). The maximum absolute atomic E-state index is 11.3. The number of carbonyl (C=O) groups is 1. The number of hydrogen-bond donors (Lipinski definition) is 1.